The van der Waals surface area contributed by atoms with Crippen LogP contribution in [0.5, 0.6) is 5.75 Å². The topological polar surface area (TPSA) is 55.8 Å². The minimum absolute atomic E-state index is 0.0287. The van der Waals surface area contributed by atoms with Crippen molar-refractivity contribution in [3.63, 3.8) is 0 Å². The zero-order valence-electron chi connectivity index (χ0n) is 16.0. The van der Waals surface area contributed by atoms with Crippen LogP contribution < -0.4 is 9.64 Å². The first kappa shape index (κ1) is 20.0. The molecule has 0 spiro atoms. The van der Waals surface area contributed by atoms with E-state index in [4.69, 9.17) is 9.47 Å². The maximum absolute atomic E-state index is 13.0. The molecule has 5 nitrogen and oxygen atoms in total. The van der Waals surface area contributed by atoms with Gasteiger partial charge in [-0.25, -0.2) is 4.79 Å². The lowest BCUT2D eigenvalue weighted by atomic mass is 9.83. The fraction of sp³-hybridized carbons (Fsp3) is 0.273. The van der Waals surface area contributed by atoms with Crippen molar-refractivity contribution in [2.45, 2.75) is 25.4 Å². The van der Waals surface area contributed by atoms with E-state index >= 15 is 0 Å². The molecule has 0 N–H and O–H groups in total. The fourth-order valence-electron chi connectivity index (χ4n) is 3.87. The lowest BCUT2D eigenvalue weighted by Crippen LogP contribution is -2.37. The lowest BCUT2D eigenvalue weighted by molar-refractivity contribution is -0.138. The Kier molecular flexibility index (Phi) is 5.01. The van der Waals surface area contributed by atoms with E-state index in [-0.39, 0.29) is 24.6 Å². The molecule has 30 heavy (non-hydrogen) atoms. The molecule has 0 saturated carbocycles. The summed E-state index contributed by atoms with van der Waals surface area (Å²) in [4.78, 5) is 26.8. The molecule has 1 amide bonds. The van der Waals surface area contributed by atoms with E-state index < -0.39 is 23.6 Å². The second-order valence-corrected chi connectivity index (χ2v) is 6.94. The van der Waals surface area contributed by atoms with Crippen molar-refractivity contribution in [2.24, 2.45) is 0 Å². The zero-order chi connectivity index (χ0) is 21.5. The van der Waals surface area contributed by atoms with Gasteiger partial charge in [0.05, 0.1) is 23.4 Å². The van der Waals surface area contributed by atoms with Crippen molar-refractivity contribution in [1.29, 1.82) is 0 Å². The number of esters is 1. The van der Waals surface area contributed by atoms with Crippen LogP contribution in [0, 0.1) is 0 Å². The van der Waals surface area contributed by atoms with Crippen LogP contribution in [-0.2, 0) is 20.5 Å². The van der Waals surface area contributed by atoms with Gasteiger partial charge < -0.3 is 9.47 Å². The molecule has 1 atom stereocenters. The van der Waals surface area contributed by atoms with Gasteiger partial charge in [0.1, 0.15) is 12.4 Å². The molecule has 0 aliphatic carbocycles. The first-order chi connectivity index (χ1) is 14.3. The van der Waals surface area contributed by atoms with Gasteiger partial charge in [-0.2, -0.15) is 13.2 Å². The molecule has 0 fully saturated rings. The molecule has 2 aliphatic heterocycles. The number of carbonyl (C=O) groups is 2. The normalized spacial score (nSPS) is 19.1. The van der Waals surface area contributed by atoms with Crippen molar-refractivity contribution in [3.8, 4) is 5.75 Å². The van der Waals surface area contributed by atoms with Crippen LogP contribution in [0.4, 0.5) is 18.9 Å². The van der Waals surface area contributed by atoms with Gasteiger partial charge in [0.2, 0.25) is 5.91 Å². The molecule has 4 rings (SSSR count). The summed E-state index contributed by atoms with van der Waals surface area (Å²) in [5.41, 5.74) is 0.836. The molecule has 2 aliphatic rings. The number of rotatable bonds is 4. The molecule has 2 aromatic rings. The zero-order valence-corrected chi connectivity index (χ0v) is 16.0. The van der Waals surface area contributed by atoms with E-state index in [1.54, 1.807) is 24.3 Å². The number of nitrogens with zero attached hydrogens (tertiary/aromatic N) is 1. The molecule has 2 aromatic carbocycles. The van der Waals surface area contributed by atoms with E-state index in [0.717, 1.165) is 12.1 Å². The molecule has 0 saturated heterocycles. The fourth-order valence-corrected chi connectivity index (χ4v) is 3.87. The van der Waals surface area contributed by atoms with Gasteiger partial charge in [-0.05, 0) is 37.3 Å². The largest absolute Gasteiger partial charge is 0.494 e. The minimum atomic E-state index is -4.48. The summed E-state index contributed by atoms with van der Waals surface area (Å²) in [7, 11) is 0. The number of carbonyl (C=O) groups excluding carboxylic acids is 2. The SMILES string of the molecule is CCOc1ccccc1[C@@H]1CC(=O)N(c2ccc(C(F)(F)F)cc2)C2=C1C(=O)OC2. The summed E-state index contributed by atoms with van der Waals surface area (Å²) in [6, 6.07) is 11.4. The maximum Gasteiger partial charge on any atom is 0.416 e. The average Bonchev–Trinajstić information content (AvgIpc) is 3.09. The van der Waals surface area contributed by atoms with Crippen molar-refractivity contribution in [3.05, 3.63) is 70.9 Å². The Morgan fingerprint density at radius 2 is 1.80 bits per heavy atom. The summed E-state index contributed by atoms with van der Waals surface area (Å²) in [6.07, 6.45) is -4.51. The average molecular weight is 417 g/mol. The Morgan fingerprint density at radius 3 is 2.47 bits per heavy atom. The number of alkyl halides is 3. The molecule has 156 valence electrons. The predicted octanol–water partition coefficient (Wildman–Crippen LogP) is 4.44. The first-order valence-electron chi connectivity index (χ1n) is 9.43. The second-order valence-electron chi connectivity index (χ2n) is 6.94. The van der Waals surface area contributed by atoms with Gasteiger partial charge in [0.25, 0.3) is 0 Å². The number of anilines is 1. The Labute approximate surface area is 170 Å². The third kappa shape index (κ3) is 3.42. The summed E-state index contributed by atoms with van der Waals surface area (Å²) in [5.74, 6) is -0.836. The third-order valence-corrected chi connectivity index (χ3v) is 5.16. The minimum Gasteiger partial charge on any atom is -0.494 e. The highest BCUT2D eigenvalue weighted by molar-refractivity contribution is 6.06. The van der Waals surface area contributed by atoms with Crippen LogP contribution in [0.2, 0.25) is 0 Å². The molecule has 8 heteroatoms. The Bertz CT molecular complexity index is 1030. The number of hydrogen-bond donors (Lipinski definition) is 0. The van der Waals surface area contributed by atoms with Crippen molar-refractivity contribution < 1.29 is 32.2 Å². The highest BCUT2D eigenvalue weighted by Gasteiger charge is 2.44. The number of cyclic esters (lactones) is 1. The maximum atomic E-state index is 13.0. The molecule has 2 heterocycles. The number of benzene rings is 2. The molecule has 0 radical (unpaired) electrons. The van der Waals surface area contributed by atoms with E-state index in [0.29, 0.717) is 29.2 Å². The van der Waals surface area contributed by atoms with Crippen LogP contribution in [0.15, 0.2) is 59.8 Å². The smallest absolute Gasteiger partial charge is 0.416 e. The van der Waals surface area contributed by atoms with Crippen LogP contribution in [0.1, 0.15) is 30.4 Å². The van der Waals surface area contributed by atoms with Crippen LogP contribution >= 0.6 is 0 Å². The van der Waals surface area contributed by atoms with Gasteiger partial charge in [-0.1, -0.05) is 18.2 Å². The van der Waals surface area contributed by atoms with E-state index in [9.17, 15) is 22.8 Å². The number of amides is 1. The van der Waals surface area contributed by atoms with Gasteiger partial charge in [-0.15, -0.1) is 0 Å². The Morgan fingerprint density at radius 1 is 1.10 bits per heavy atom. The quantitative estimate of drug-likeness (QED) is 0.691. The second kappa shape index (κ2) is 7.51. The summed E-state index contributed by atoms with van der Waals surface area (Å²) < 4.78 is 49.5. The summed E-state index contributed by atoms with van der Waals surface area (Å²) in [6.45, 7) is 2.14. The molecular formula is C22H18F3NO4. The van der Waals surface area contributed by atoms with E-state index in [1.165, 1.54) is 17.0 Å². The van der Waals surface area contributed by atoms with Gasteiger partial charge >= 0.3 is 12.1 Å². The lowest BCUT2D eigenvalue weighted by Gasteiger charge is -2.32. The Balaban J connectivity index is 1.78. The summed E-state index contributed by atoms with van der Waals surface area (Å²) >= 11 is 0. The molecular weight excluding hydrogens is 399 g/mol. The molecule has 0 aromatic heterocycles. The first-order valence-corrected chi connectivity index (χ1v) is 9.43. The number of hydrogen-bond acceptors (Lipinski definition) is 4. The van der Waals surface area contributed by atoms with Crippen LogP contribution in [0.25, 0.3) is 0 Å². The number of halogens is 3. The third-order valence-electron chi connectivity index (χ3n) is 5.16. The van der Waals surface area contributed by atoms with Crippen molar-refractivity contribution in [2.75, 3.05) is 18.1 Å². The highest BCUT2D eigenvalue weighted by Crippen LogP contribution is 2.44. The highest BCUT2D eigenvalue weighted by atomic mass is 19.4. The van der Waals surface area contributed by atoms with Crippen LogP contribution in [-0.4, -0.2) is 25.1 Å². The number of ether oxygens (including phenoxy) is 2. The van der Waals surface area contributed by atoms with E-state index in [2.05, 4.69) is 0 Å². The van der Waals surface area contributed by atoms with Gasteiger partial charge in [-0.3, -0.25) is 9.69 Å². The standard InChI is InChI=1S/C22H18F3NO4/c1-2-29-18-6-4-3-5-15(18)16-11-19(27)26(17-12-30-21(28)20(16)17)14-9-7-13(8-10-14)22(23,24)25/h3-10,16H,2,11-12H2,1H3/t16-/m0/s1. The van der Waals surface area contributed by atoms with E-state index in [1.807, 2.05) is 6.92 Å². The van der Waals surface area contributed by atoms with Crippen LogP contribution in [0.3, 0.4) is 0 Å². The van der Waals surface area contributed by atoms with Crippen molar-refractivity contribution >= 4 is 17.6 Å². The van der Waals surface area contributed by atoms with Crippen molar-refractivity contribution in [1.82, 2.24) is 0 Å². The number of para-hydroxylation sites is 1. The summed E-state index contributed by atoms with van der Waals surface area (Å²) in [5, 5.41) is 0. The molecule has 0 unspecified atom stereocenters. The predicted molar refractivity (Wildman–Crippen MR) is 102 cm³/mol. The Hall–Kier alpha value is -3.29. The van der Waals surface area contributed by atoms with Gasteiger partial charge in [0.15, 0.2) is 0 Å². The monoisotopic (exact) mass is 417 g/mol. The molecule has 0 bridgehead atoms. The van der Waals surface area contributed by atoms with Gasteiger partial charge in [0, 0.05) is 23.6 Å².